The number of aliphatic carboxylic acids is 1. The third-order valence-electron chi connectivity index (χ3n) is 6.83. The molecule has 0 aromatic rings. The fourth-order valence-corrected chi connectivity index (χ4v) is 5.02. The summed E-state index contributed by atoms with van der Waals surface area (Å²) < 4.78 is 11.5. The van der Waals surface area contributed by atoms with E-state index < -0.39 is 20.4 Å². The maximum atomic E-state index is 12.2. The molecule has 5 nitrogen and oxygen atoms in total. The number of carbonyl (C=O) groups excluding carboxylic acids is 1. The first-order valence-electron chi connectivity index (χ1n) is 13.5. The van der Waals surface area contributed by atoms with Crippen LogP contribution in [-0.2, 0) is 18.8 Å². The van der Waals surface area contributed by atoms with Crippen LogP contribution in [0.3, 0.4) is 0 Å². The van der Waals surface area contributed by atoms with Gasteiger partial charge in [-0.2, -0.15) is 0 Å². The number of hydrogen-bond acceptors (Lipinski definition) is 4. The van der Waals surface area contributed by atoms with Gasteiger partial charge >= 0.3 is 11.9 Å². The van der Waals surface area contributed by atoms with E-state index in [2.05, 4.69) is 40.8 Å². The van der Waals surface area contributed by atoms with Gasteiger partial charge in [0.1, 0.15) is 0 Å². The number of hydrogen-bond donors (Lipinski definition) is 1. The zero-order valence-corrected chi connectivity index (χ0v) is 23.7. The van der Waals surface area contributed by atoms with Crippen molar-refractivity contribution in [2.75, 3.05) is 6.61 Å². The van der Waals surface area contributed by atoms with E-state index in [0.29, 0.717) is 6.61 Å². The Hall–Kier alpha value is -0.883. The third kappa shape index (κ3) is 18.2. The molecule has 33 heavy (non-hydrogen) atoms. The zero-order chi connectivity index (χ0) is 25.2. The average molecular weight is 487 g/mol. The molecule has 6 heteroatoms. The van der Waals surface area contributed by atoms with Gasteiger partial charge in [-0.25, -0.2) is 0 Å². The number of carbonyl (C=O) groups is 2. The van der Waals surface area contributed by atoms with Crippen LogP contribution in [0.15, 0.2) is 0 Å². The summed E-state index contributed by atoms with van der Waals surface area (Å²) in [5.74, 6) is -1.30. The van der Waals surface area contributed by atoms with Gasteiger partial charge in [0.05, 0.1) is 25.6 Å². The second-order valence-electron chi connectivity index (χ2n) is 11.1. The van der Waals surface area contributed by atoms with Crippen molar-refractivity contribution in [1.82, 2.24) is 0 Å². The molecule has 0 saturated heterocycles. The van der Waals surface area contributed by atoms with Crippen molar-refractivity contribution in [2.24, 2.45) is 0 Å². The number of carboxylic acids is 1. The van der Waals surface area contributed by atoms with Gasteiger partial charge in [0.25, 0.3) is 0 Å². The van der Waals surface area contributed by atoms with Gasteiger partial charge < -0.3 is 14.3 Å². The van der Waals surface area contributed by atoms with Crippen LogP contribution < -0.4 is 0 Å². The highest BCUT2D eigenvalue weighted by molar-refractivity contribution is 6.74. The van der Waals surface area contributed by atoms with Crippen LogP contribution in [-0.4, -0.2) is 38.1 Å². The Bertz CT molecular complexity index is 513. The van der Waals surface area contributed by atoms with Crippen LogP contribution in [0.5, 0.6) is 0 Å². The summed E-state index contributed by atoms with van der Waals surface area (Å²) in [5, 5.41) is 9.16. The molecule has 1 atom stereocenters. The minimum Gasteiger partial charge on any atom is -0.481 e. The molecule has 0 aliphatic rings. The largest absolute Gasteiger partial charge is 0.481 e. The number of carboxylic acid groups (broad SMARTS) is 1. The summed E-state index contributed by atoms with van der Waals surface area (Å²) in [6.45, 7) is 13.1. The molecule has 0 aliphatic carbocycles. The summed E-state index contributed by atoms with van der Waals surface area (Å²) in [4.78, 5) is 23.4. The summed E-state index contributed by atoms with van der Waals surface area (Å²) in [6.07, 6.45) is 17.3. The van der Waals surface area contributed by atoms with Crippen LogP contribution >= 0.6 is 0 Å². The maximum absolute atomic E-state index is 12.2. The normalized spacial score (nSPS) is 13.2. The molecular formula is C27H54O5Si. The molecule has 0 fully saturated rings. The monoisotopic (exact) mass is 486 g/mol. The molecule has 0 aromatic heterocycles. The third-order valence-corrected chi connectivity index (χ3v) is 11.4. The van der Waals surface area contributed by atoms with Crippen molar-refractivity contribution in [1.29, 1.82) is 0 Å². The summed E-state index contributed by atoms with van der Waals surface area (Å²) in [6, 6.07) is 0. The molecule has 0 aromatic carbocycles. The Kier molecular flexibility index (Phi) is 18.0. The van der Waals surface area contributed by atoms with E-state index in [-0.39, 0.29) is 23.8 Å². The fourth-order valence-electron chi connectivity index (χ4n) is 3.67. The Morgan fingerprint density at radius 3 is 1.58 bits per heavy atom. The highest BCUT2D eigenvalue weighted by Crippen LogP contribution is 2.38. The van der Waals surface area contributed by atoms with Gasteiger partial charge in [-0.05, 0) is 24.6 Å². The van der Waals surface area contributed by atoms with E-state index in [1.54, 1.807) is 0 Å². The van der Waals surface area contributed by atoms with Crippen molar-refractivity contribution >= 4 is 20.3 Å². The minimum absolute atomic E-state index is 0.0113. The van der Waals surface area contributed by atoms with Gasteiger partial charge in [0, 0.05) is 0 Å². The number of ether oxygens (including phenoxy) is 1. The SMILES string of the molecule is CCCCCCCCCCCCCCCCOC(=O)CC(CC(=O)O)O[Si](C)(C)C(C)(C)C. The highest BCUT2D eigenvalue weighted by atomic mass is 28.4. The van der Waals surface area contributed by atoms with E-state index in [1.807, 2.05) is 0 Å². The van der Waals surface area contributed by atoms with Crippen LogP contribution in [0.4, 0.5) is 0 Å². The molecule has 0 saturated carbocycles. The van der Waals surface area contributed by atoms with Gasteiger partial charge in [0.2, 0.25) is 0 Å². The lowest BCUT2D eigenvalue weighted by Gasteiger charge is -2.38. The molecule has 0 heterocycles. The summed E-state index contributed by atoms with van der Waals surface area (Å²) in [5.41, 5.74) is 0. The lowest BCUT2D eigenvalue weighted by atomic mass is 10.0. The Morgan fingerprint density at radius 1 is 0.758 bits per heavy atom. The number of rotatable bonds is 21. The summed E-state index contributed by atoms with van der Waals surface area (Å²) in [7, 11) is -2.15. The molecule has 0 radical (unpaired) electrons. The second kappa shape index (κ2) is 18.4. The van der Waals surface area contributed by atoms with Crippen LogP contribution in [0.25, 0.3) is 0 Å². The maximum Gasteiger partial charge on any atom is 0.308 e. The quantitative estimate of drug-likeness (QED) is 0.100. The van der Waals surface area contributed by atoms with Gasteiger partial charge in [-0.3, -0.25) is 9.59 Å². The number of esters is 1. The van der Waals surface area contributed by atoms with Crippen molar-refractivity contribution in [3.8, 4) is 0 Å². The number of unbranched alkanes of at least 4 members (excludes halogenated alkanes) is 13. The molecule has 0 aliphatic heterocycles. The smallest absolute Gasteiger partial charge is 0.308 e. The molecule has 0 rings (SSSR count). The Morgan fingerprint density at radius 2 is 1.18 bits per heavy atom. The Balaban J connectivity index is 3.83. The average Bonchev–Trinajstić information content (AvgIpc) is 2.69. The van der Waals surface area contributed by atoms with Crippen molar-refractivity contribution in [3.05, 3.63) is 0 Å². The molecule has 1 unspecified atom stereocenters. The van der Waals surface area contributed by atoms with E-state index in [9.17, 15) is 14.7 Å². The van der Waals surface area contributed by atoms with E-state index in [1.165, 1.54) is 77.0 Å². The van der Waals surface area contributed by atoms with Crippen molar-refractivity contribution in [3.63, 3.8) is 0 Å². The van der Waals surface area contributed by atoms with Gasteiger partial charge in [-0.15, -0.1) is 0 Å². The second-order valence-corrected chi connectivity index (χ2v) is 15.9. The molecule has 196 valence electrons. The first-order chi connectivity index (χ1) is 15.5. The van der Waals surface area contributed by atoms with Gasteiger partial charge in [-0.1, -0.05) is 111 Å². The predicted octanol–water partition coefficient (Wildman–Crippen LogP) is 8.27. The van der Waals surface area contributed by atoms with Crippen molar-refractivity contribution in [2.45, 2.75) is 155 Å². The van der Waals surface area contributed by atoms with E-state index >= 15 is 0 Å². The first kappa shape index (κ1) is 32.1. The van der Waals surface area contributed by atoms with Crippen LogP contribution in [0.1, 0.15) is 130 Å². The lowest BCUT2D eigenvalue weighted by molar-refractivity contribution is -0.147. The van der Waals surface area contributed by atoms with E-state index in [0.717, 1.165) is 12.8 Å². The zero-order valence-electron chi connectivity index (χ0n) is 22.7. The molecule has 0 bridgehead atoms. The molecule has 0 amide bonds. The topological polar surface area (TPSA) is 72.8 Å². The van der Waals surface area contributed by atoms with Crippen molar-refractivity contribution < 1.29 is 23.9 Å². The fraction of sp³-hybridized carbons (Fsp3) is 0.926. The van der Waals surface area contributed by atoms with Gasteiger partial charge in [0.15, 0.2) is 8.32 Å². The predicted molar refractivity (Wildman–Crippen MR) is 140 cm³/mol. The first-order valence-corrected chi connectivity index (χ1v) is 16.5. The van der Waals surface area contributed by atoms with Crippen LogP contribution in [0, 0.1) is 0 Å². The van der Waals surface area contributed by atoms with E-state index in [4.69, 9.17) is 9.16 Å². The molecular weight excluding hydrogens is 432 g/mol. The molecule has 1 N–H and O–H groups in total. The lowest BCUT2D eigenvalue weighted by Crippen LogP contribution is -2.45. The minimum atomic E-state index is -2.15. The standard InChI is InChI=1S/C27H54O5Si/c1-7-8-9-10-11-12-13-14-15-16-17-18-19-20-21-31-26(30)23-24(22-25(28)29)32-33(5,6)27(2,3)4/h24H,7-23H2,1-6H3,(H,28,29). The summed E-state index contributed by atoms with van der Waals surface area (Å²) >= 11 is 0. The Labute approximate surface area is 205 Å². The van der Waals surface area contributed by atoms with Crippen LogP contribution in [0.2, 0.25) is 18.1 Å². The molecule has 0 spiro atoms. The highest BCUT2D eigenvalue weighted by Gasteiger charge is 2.40.